The molecule has 1 aromatic carbocycles. The van der Waals surface area contributed by atoms with E-state index in [1.165, 1.54) is 7.11 Å². The highest BCUT2D eigenvalue weighted by Gasteiger charge is 2.16. The fourth-order valence-electron chi connectivity index (χ4n) is 1.79. The third-order valence-electron chi connectivity index (χ3n) is 2.61. The zero-order valence-electron chi connectivity index (χ0n) is 10.9. The molecule has 106 valence electrons. The van der Waals surface area contributed by atoms with Gasteiger partial charge in [0.2, 0.25) is 0 Å². The number of hydrogen-bond donors (Lipinski definition) is 3. The van der Waals surface area contributed by atoms with Gasteiger partial charge in [-0.3, -0.25) is 0 Å². The number of rotatable bonds is 6. The van der Waals surface area contributed by atoms with E-state index in [0.717, 1.165) is 0 Å². The summed E-state index contributed by atoms with van der Waals surface area (Å²) in [7, 11) is 3.29. The van der Waals surface area contributed by atoms with Crippen LogP contribution in [0.4, 0.5) is 5.69 Å². The molecular formula is C12H18ClN3O3. The predicted molar refractivity (Wildman–Crippen MR) is 75.1 cm³/mol. The molecule has 0 fully saturated rings. The Kier molecular flexibility index (Phi) is 5.88. The number of anilines is 1. The van der Waals surface area contributed by atoms with Gasteiger partial charge in [0, 0.05) is 26.4 Å². The van der Waals surface area contributed by atoms with Crippen LogP contribution in [0.15, 0.2) is 23.4 Å². The van der Waals surface area contributed by atoms with Crippen molar-refractivity contribution in [2.45, 2.75) is 6.10 Å². The van der Waals surface area contributed by atoms with Crippen LogP contribution in [0.2, 0.25) is 5.02 Å². The van der Waals surface area contributed by atoms with Crippen LogP contribution in [0.25, 0.3) is 0 Å². The van der Waals surface area contributed by atoms with E-state index >= 15 is 0 Å². The molecule has 0 saturated heterocycles. The average molecular weight is 288 g/mol. The molecule has 1 atom stereocenters. The SMILES string of the molecule is COCC(O)CN(C)c1cccc(Cl)c1C(N)=NO. The lowest BCUT2D eigenvalue weighted by molar-refractivity contribution is 0.0695. The van der Waals surface area contributed by atoms with Gasteiger partial charge in [-0.25, -0.2) is 0 Å². The smallest absolute Gasteiger partial charge is 0.173 e. The van der Waals surface area contributed by atoms with Gasteiger partial charge in [-0.15, -0.1) is 0 Å². The minimum absolute atomic E-state index is 0.0753. The monoisotopic (exact) mass is 287 g/mol. The van der Waals surface area contributed by atoms with Crippen LogP contribution >= 0.6 is 11.6 Å². The molecule has 4 N–H and O–H groups in total. The molecule has 1 aromatic rings. The van der Waals surface area contributed by atoms with Crippen LogP contribution < -0.4 is 10.6 Å². The van der Waals surface area contributed by atoms with Gasteiger partial charge in [-0.1, -0.05) is 22.8 Å². The lowest BCUT2D eigenvalue weighted by Gasteiger charge is -2.25. The molecule has 6 nitrogen and oxygen atoms in total. The first-order chi connectivity index (χ1) is 9.01. The second-order valence-electron chi connectivity index (χ2n) is 4.11. The Morgan fingerprint density at radius 3 is 2.84 bits per heavy atom. The molecule has 0 aliphatic heterocycles. The van der Waals surface area contributed by atoms with Crippen LogP contribution in [0.3, 0.4) is 0 Å². The van der Waals surface area contributed by atoms with Gasteiger partial charge in [0.1, 0.15) is 0 Å². The molecule has 0 spiro atoms. The van der Waals surface area contributed by atoms with Crippen molar-refractivity contribution in [3.05, 3.63) is 28.8 Å². The maximum absolute atomic E-state index is 9.73. The van der Waals surface area contributed by atoms with E-state index < -0.39 is 6.10 Å². The number of likely N-dealkylation sites (N-methyl/N-ethyl adjacent to an activating group) is 1. The summed E-state index contributed by atoms with van der Waals surface area (Å²) >= 11 is 6.06. The third kappa shape index (κ3) is 3.99. The highest BCUT2D eigenvalue weighted by molar-refractivity contribution is 6.34. The Morgan fingerprint density at radius 2 is 2.26 bits per heavy atom. The van der Waals surface area contributed by atoms with Gasteiger partial charge < -0.3 is 25.7 Å². The Morgan fingerprint density at radius 1 is 1.58 bits per heavy atom. The lowest BCUT2D eigenvalue weighted by Crippen LogP contribution is -2.33. The molecule has 0 aliphatic carbocycles. The first kappa shape index (κ1) is 15.6. The minimum atomic E-state index is -0.644. The van der Waals surface area contributed by atoms with Crippen molar-refractivity contribution in [3.8, 4) is 0 Å². The van der Waals surface area contributed by atoms with Gasteiger partial charge in [-0.05, 0) is 12.1 Å². The Hall–Kier alpha value is -1.50. The number of halogens is 1. The Labute approximate surface area is 117 Å². The number of aliphatic hydroxyl groups excluding tert-OH is 1. The standard InChI is InChI=1S/C12H18ClN3O3/c1-16(6-8(17)7-19-2)10-5-3-4-9(13)11(10)12(14)15-18/h3-5,8,17-18H,6-7H2,1-2H3,(H2,14,15). The van der Waals surface area contributed by atoms with Crippen molar-refractivity contribution in [2.75, 3.05) is 32.2 Å². The van der Waals surface area contributed by atoms with Crippen molar-refractivity contribution in [3.63, 3.8) is 0 Å². The van der Waals surface area contributed by atoms with Gasteiger partial charge in [-0.2, -0.15) is 0 Å². The fraction of sp³-hybridized carbons (Fsp3) is 0.417. The normalized spacial score (nSPS) is 13.4. The van der Waals surface area contributed by atoms with Gasteiger partial charge in [0.25, 0.3) is 0 Å². The van der Waals surface area contributed by atoms with Crippen molar-refractivity contribution in [1.29, 1.82) is 0 Å². The van der Waals surface area contributed by atoms with E-state index in [4.69, 9.17) is 27.3 Å². The summed E-state index contributed by atoms with van der Waals surface area (Å²) < 4.78 is 4.87. The van der Waals surface area contributed by atoms with E-state index in [9.17, 15) is 5.11 Å². The fourth-order valence-corrected chi connectivity index (χ4v) is 2.06. The van der Waals surface area contributed by atoms with E-state index in [2.05, 4.69) is 5.16 Å². The largest absolute Gasteiger partial charge is 0.409 e. The summed E-state index contributed by atoms with van der Waals surface area (Å²) in [5.74, 6) is -0.0753. The molecule has 0 heterocycles. The molecule has 0 bridgehead atoms. The maximum Gasteiger partial charge on any atom is 0.173 e. The van der Waals surface area contributed by atoms with Crippen LogP contribution in [0.1, 0.15) is 5.56 Å². The highest BCUT2D eigenvalue weighted by atomic mass is 35.5. The minimum Gasteiger partial charge on any atom is -0.409 e. The number of hydrogen-bond acceptors (Lipinski definition) is 5. The van der Waals surface area contributed by atoms with E-state index in [1.54, 1.807) is 30.1 Å². The van der Waals surface area contributed by atoms with Crippen LogP contribution in [0.5, 0.6) is 0 Å². The first-order valence-corrected chi connectivity index (χ1v) is 6.03. The molecule has 0 aliphatic rings. The van der Waals surface area contributed by atoms with Crippen molar-refractivity contribution in [1.82, 2.24) is 0 Å². The zero-order valence-corrected chi connectivity index (χ0v) is 11.6. The number of benzene rings is 1. The topological polar surface area (TPSA) is 91.3 Å². The Bertz CT molecular complexity index is 454. The molecule has 0 saturated carbocycles. The third-order valence-corrected chi connectivity index (χ3v) is 2.93. The van der Waals surface area contributed by atoms with Crippen molar-refractivity contribution >= 4 is 23.1 Å². The lowest BCUT2D eigenvalue weighted by atomic mass is 10.1. The van der Waals surface area contributed by atoms with Crippen molar-refractivity contribution < 1.29 is 15.1 Å². The zero-order chi connectivity index (χ0) is 14.4. The van der Waals surface area contributed by atoms with Gasteiger partial charge in [0.05, 0.1) is 23.3 Å². The second kappa shape index (κ2) is 7.18. The number of nitrogens with zero attached hydrogens (tertiary/aromatic N) is 2. The van der Waals surface area contributed by atoms with Gasteiger partial charge >= 0.3 is 0 Å². The predicted octanol–water partition coefficient (Wildman–Crippen LogP) is 0.878. The number of oxime groups is 1. The summed E-state index contributed by atoms with van der Waals surface area (Å²) in [6.45, 7) is 0.559. The average Bonchev–Trinajstić information content (AvgIpc) is 2.37. The summed E-state index contributed by atoms with van der Waals surface area (Å²) in [5.41, 5.74) is 6.72. The van der Waals surface area contributed by atoms with Crippen molar-refractivity contribution in [2.24, 2.45) is 10.9 Å². The molecule has 0 radical (unpaired) electrons. The molecule has 7 heteroatoms. The number of nitrogens with two attached hydrogens (primary N) is 1. The number of ether oxygens (including phenoxy) is 1. The molecule has 1 unspecified atom stereocenters. The van der Waals surface area contributed by atoms with E-state index in [1.807, 2.05) is 0 Å². The second-order valence-corrected chi connectivity index (χ2v) is 4.52. The number of methoxy groups -OCH3 is 1. The molecule has 0 aromatic heterocycles. The van der Waals surface area contributed by atoms with Gasteiger partial charge in [0.15, 0.2) is 5.84 Å². The summed E-state index contributed by atoms with van der Waals surface area (Å²) in [6, 6.07) is 5.18. The molecule has 0 amide bonds. The summed E-state index contributed by atoms with van der Waals surface area (Å²) in [6.07, 6.45) is -0.644. The molecular weight excluding hydrogens is 270 g/mol. The van der Waals surface area contributed by atoms with Crippen LogP contribution in [-0.2, 0) is 4.74 Å². The van der Waals surface area contributed by atoms with E-state index in [0.29, 0.717) is 22.8 Å². The first-order valence-electron chi connectivity index (χ1n) is 5.65. The molecule has 19 heavy (non-hydrogen) atoms. The molecule has 1 rings (SSSR count). The van der Waals surface area contributed by atoms with Crippen LogP contribution in [0, 0.1) is 0 Å². The summed E-state index contributed by atoms with van der Waals surface area (Å²) in [5, 5.41) is 21.9. The Balaban J connectivity index is 3.03. The summed E-state index contributed by atoms with van der Waals surface area (Å²) in [4.78, 5) is 1.77. The highest BCUT2D eigenvalue weighted by Crippen LogP contribution is 2.26. The number of amidine groups is 1. The maximum atomic E-state index is 9.73. The quantitative estimate of drug-likeness (QED) is 0.313. The van der Waals surface area contributed by atoms with Crippen LogP contribution in [-0.4, -0.2) is 49.6 Å². The van der Waals surface area contributed by atoms with E-state index in [-0.39, 0.29) is 12.4 Å². The number of aliphatic hydroxyl groups is 1.